The summed E-state index contributed by atoms with van der Waals surface area (Å²) in [6, 6.07) is 20.4. The number of nitrogens with zero attached hydrogens (tertiary/aromatic N) is 1. The fourth-order valence-electron chi connectivity index (χ4n) is 3.99. The van der Waals surface area contributed by atoms with E-state index >= 15 is 0 Å². The lowest BCUT2D eigenvalue weighted by Crippen LogP contribution is -2.31. The summed E-state index contributed by atoms with van der Waals surface area (Å²) in [4.78, 5) is 30.4. The van der Waals surface area contributed by atoms with Gasteiger partial charge >= 0.3 is 5.97 Å². The molecule has 0 radical (unpaired) electrons. The molecule has 4 rings (SSSR count). The second-order valence-corrected chi connectivity index (χ2v) is 8.79. The number of nitrogens with one attached hydrogen (secondary N) is 2. The molecule has 0 fully saturated rings. The van der Waals surface area contributed by atoms with Crippen LogP contribution in [-0.2, 0) is 14.3 Å². The number of thioether (sulfide) groups is 1. The van der Waals surface area contributed by atoms with Crippen LogP contribution in [0.25, 0.3) is 10.8 Å². The van der Waals surface area contributed by atoms with Gasteiger partial charge in [-0.2, -0.15) is 0 Å². The molecule has 0 unspecified atom stereocenters. The van der Waals surface area contributed by atoms with Crippen LogP contribution in [0.3, 0.4) is 0 Å². The fourth-order valence-corrected chi connectivity index (χ4v) is 4.74. The maximum Gasteiger partial charge on any atom is 0.338 e. The van der Waals surface area contributed by atoms with Crippen LogP contribution in [0, 0.1) is 0 Å². The van der Waals surface area contributed by atoms with Gasteiger partial charge in [0.1, 0.15) is 11.8 Å². The number of benzene rings is 3. The van der Waals surface area contributed by atoms with Crippen LogP contribution >= 0.6 is 11.8 Å². The first-order chi connectivity index (χ1) is 17.0. The molecule has 8 heteroatoms. The molecule has 1 aliphatic rings. The van der Waals surface area contributed by atoms with E-state index in [1.54, 1.807) is 14.0 Å². The average molecular weight is 490 g/mol. The van der Waals surface area contributed by atoms with Gasteiger partial charge < -0.3 is 20.1 Å². The predicted octanol–water partition coefficient (Wildman–Crippen LogP) is 5.06. The summed E-state index contributed by atoms with van der Waals surface area (Å²) in [7, 11) is 1.60. The summed E-state index contributed by atoms with van der Waals surface area (Å²) in [5.74, 6) is 0.192. The minimum Gasteiger partial charge on any atom is -0.496 e. The molecule has 0 saturated heterocycles. The first-order valence-electron chi connectivity index (χ1n) is 11.3. The number of ether oxygens (including phenoxy) is 2. The molecular formula is C27H27N3O4S. The zero-order valence-electron chi connectivity index (χ0n) is 19.8. The number of allylic oxidation sites excluding steroid dienone is 1. The number of aliphatic imine (C=N–C) groups is 1. The molecule has 7 nitrogen and oxygen atoms in total. The molecule has 1 heterocycles. The molecule has 0 saturated carbocycles. The number of methoxy groups -OCH3 is 1. The largest absolute Gasteiger partial charge is 0.496 e. The Hall–Kier alpha value is -3.78. The molecule has 1 amide bonds. The van der Waals surface area contributed by atoms with Gasteiger partial charge in [0, 0.05) is 16.9 Å². The molecular weight excluding hydrogens is 462 g/mol. The number of hydrogen-bond acceptors (Lipinski definition) is 7. The average Bonchev–Trinajstić information content (AvgIpc) is 2.87. The highest BCUT2D eigenvalue weighted by Crippen LogP contribution is 2.41. The highest BCUT2D eigenvalue weighted by atomic mass is 32.2. The standard InChI is InChI=1S/C27H27N3O4S/c1-4-34-26(32)23-17(2)28-27(35-16-22(31)29-19-11-6-5-7-12-19)30-25(23)24-20-13-9-8-10-18(20)14-15-21(24)33-3/h5-15,25H,4,16H2,1-3H3,(H,28,30)(H,29,31)/t25-/m0/s1. The lowest BCUT2D eigenvalue weighted by molar-refractivity contribution is -0.139. The predicted molar refractivity (Wildman–Crippen MR) is 141 cm³/mol. The number of hydrogen-bond donors (Lipinski definition) is 2. The van der Waals surface area contributed by atoms with E-state index in [0.717, 1.165) is 22.0 Å². The number of carbonyl (C=O) groups excluding carboxylic acids is 2. The fraction of sp³-hybridized carbons (Fsp3) is 0.222. The first kappa shape index (κ1) is 24.3. The van der Waals surface area contributed by atoms with E-state index < -0.39 is 12.0 Å². The second-order valence-electron chi connectivity index (χ2n) is 7.83. The number of esters is 1. The lowest BCUT2D eigenvalue weighted by Gasteiger charge is -2.27. The van der Waals surface area contributed by atoms with Crippen molar-refractivity contribution < 1.29 is 19.1 Å². The van der Waals surface area contributed by atoms with Gasteiger partial charge in [-0.15, -0.1) is 0 Å². The van der Waals surface area contributed by atoms with Gasteiger partial charge in [0.15, 0.2) is 5.17 Å². The van der Waals surface area contributed by atoms with E-state index in [2.05, 4.69) is 10.6 Å². The number of para-hydroxylation sites is 1. The second kappa shape index (κ2) is 11.1. The molecule has 0 aliphatic carbocycles. The first-order valence-corrected chi connectivity index (χ1v) is 12.3. The summed E-state index contributed by atoms with van der Waals surface area (Å²) in [6.45, 7) is 3.84. The Morgan fingerprint density at radius 1 is 1.06 bits per heavy atom. The van der Waals surface area contributed by atoms with Crippen molar-refractivity contribution in [3.05, 3.63) is 83.6 Å². The van der Waals surface area contributed by atoms with Gasteiger partial charge in [-0.3, -0.25) is 4.79 Å². The molecule has 2 N–H and O–H groups in total. The van der Waals surface area contributed by atoms with Crippen LogP contribution in [-0.4, -0.2) is 36.5 Å². The molecule has 0 bridgehead atoms. The van der Waals surface area contributed by atoms with E-state index in [0.29, 0.717) is 22.2 Å². The topological polar surface area (TPSA) is 89.0 Å². The van der Waals surface area contributed by atoms with Gasteiger partial charge in [-0.25, -0.2) is 9.79 Å². The maximum absolute atomic E-state index is 13.0. The molecule has 0 aromatic heterocycles. The maximum atomic E-state index is 13.0. The van der Waals surface area contributed by atoms with Crippen molar-refractivity contribution in [2.24, 2.45) is 4.99 Å². The van der Waals surface area contributed by atoms with Crippen LogP contribution in [0.4, 0.5) is 5.69 Å². The number of rotatable bonds is 7. The number of carbonyl (C=O) groups is 2. The van der Waals surface area contributed by atoms with E-state index in [1.807, 2.05) is 73.7 Å². The molecule has 1 aliphatic heterocycles. The van der Waals surface area contributed by atoms with Gasteiger partial charge in [-0.1, -0.05) is 60.3 Å². The summed E-state index contributed by atoms with van der Waals surface area (Å²) in [5.41, 5.74) is 2.56. The number of fused-ring (bicyclic) bond motifs is 1. The quantitative estimate of drug-likeness (QED) is 0.451. The highest BCUT2D eigenvalue weighted by Gasteiger charge is 2.33. The highest BCUT2D eigenvalue weighted by molar-refractivity contribution is 8.14. The van der Waals surface area contributed by atoms with Crippen molar-refractivity contribution in [1.29, 1.82) is 0 Å². The van der Waals surface area contributed by atoms with Crippen molar-refractivity contribution in [2.45, 2.75) is 19.9 Å². The molecule has 0 spiro atoms. The molecule has 180 valence electrons. The normalized spacial score (nSPS) is 15.3. The van der Waals surface area contributed by atoms with Crippen LogP contribution in [0.15, 0.2) is 83.0 Å². The smallest absolute Gasteiger partial charge is 0.338 e. The zero-order chi connectivity index (χ0) is 24.8. The monoisotopic (exact) mass is 489 g/mol. The Morgan fingerprint density at radius 2 is 1.80 bits per heavy atom. The minimum absolute atomic E-state index is 0.150. The number of amides is 1. The number of amidine groups is 1. The molecule has 1 atom stereocenters. The third-order valence-electron chi connectivity index (χ3n) is 5.54. The number of anilines is 1. The third kappa shape index (κ3) is 5.49. The zero-order valence-corrected chi connectivity index (χ0v) is 20.6. The Morgan fingerprint density at radius 3 is 2.54 bits per heavy atom. The van der Waals surface area contributed by atoms with Crippen molar-refractivity contribution in [3.63, 3.8) is 0 Å². The van der Waals surface area contributed by atoms with Crippen LogP contribution in [0.2, 0.25) is 0 Å². The molecule has 3 aromatic rings. The Labute approximate surface area is 208 Å². The van der Waals surface area contributed by atoms with Crippen molar-refractivity contribution in [2.75, 3.05) is 24.8 Å². The minimum atomic E-state index is -0.656. The third-order valence-corrected chi connectivity index (χ3v) is 6.42. The Bertz CT molecular complexity index is 1300. The summed E-state index contributed by atoms with van der Waals surface area (Å²) < 4.78 is 11.1. The Balaban J connectivity index is 1.69. The van der Waals surface area contributed by atoms with Gasteiger partial charge in [0.2, 0.25) is 5.91 Å². The van der Waals surface area contributed by atoms with Crippen molar-refractivity contribution in [1.82, 2.24) is 5.32 Å². The van der Waals surface area contributed by atoms with Crippen LogP contribution < -0.4 is 15.4 Å². The summed E-state index contributed by atoms with van der Waals surface area (Å²) >= 11 is 1.27. The van der Waals surface area contributed by atoms with Crippen molar-refractivity contribution >= 4 is 45.3 Å². The summed E-state index contributed by atoms with van der Waals surface area (Å²) in [6.07, 6.45) is 0. The SMILES string of the molecule is CCOC(=O)C1=C(C)NC(SCC(=O)Nc2ccccc2)=N[C@@H]1c1c(OC)ccc2ccccc12. The van der Waals surface area contributed by atoms with Gasteiger partial charge in [-0.05, 0) is 42.8 Å². The van der Waals surface area contributed by atoms with Gasteiger partial charge in [0.05, 0.1) is 25.0 Å². The lowest BCUT2D eigenvalue weighted by atomic mass is 9.91. The van der Waals surface area contributed by atoms with Crippen molar-refractivity contribution in [3.8, 4) is 5.75 Å². The van der Waals surface area contributed by atoms with E-state index in [1.165, 1.54) is 11.8 Å². The van der Waals surface area contributed by atoms with E-state index in [9.17, 15) is 9.59 Å². The molecule has 3 aromatic carbocycles. The van der Waals surface area contributed by atoms with E-state index in [4.69, 9.17) is 14.5 Å². The van der Waals surface area contributed by atoms with Gasteiger partial charge in [0.25, 0.3) is 0 Å². The van der Waals surface area contributed by atoms with Crippen LogP contribution in [0.1, 0.15) is 25.5 Å². The Kier molecular flexibility index (Phi) is 7.72. The van der Waals surface area contributed by atoms with Crippen LogP contribution in [0.5, 0.6) is 5.75 Å². The molecule has 35 heavy (non-hydrogen) atoms. The summed E-state index contributed by atoms with van der Waals surface area (Å²) in [5, 5.41) is 8.54. The van der Waals surface area contributed by atoms with E-state index in [-0.39, 0.29) is 18.3 Å².